The smallest absolute Gasteiger partial charge is 0.317 e. The fraction of sp³-hybridized carbons (Fsp3) is 0.394. The SMILES string of the molecule is CCC(=O)OCC(C(=O)OC1CC2CCC(C1)[N+]2(C)Cc1ccc(-c2ccccc2)cc1)c1ccccc1.[Br-]. The molecule has 5 rings (SSSR count). The van der Waals surface area contributed by atoms with Crippen molar-refractivity contribution >= 4 is 11.9 Å². The summed E-state index contributed by atoms with van der Waals surface area (Å²) in [6.45, 7) is 2.76. The third kappa shape index (κ3) is 6.62. The molecule has 0 N–H and O–H groups in total. The lowest BCUT2D eigenvalue weighted by Crippen LogP contribution is -3.00. The molecule has 6 heteroatoms. The van der Waals surface area contributed by atoms with Gasteiger partial charge in [0.1, 0.15) is 25.2 Å². The van der Waals surface area contributed by atoms with E-state index < -0.39 is 5.92 Å². The van der Waals surface area contributed by atoms with Crippen LogP contribution in [0.5, 0.6) is 0 Å². The van der Waals surface area contributed by atoms with Gasteiger partial charge in [-0.2, -0.15) is 0 Å². The van der Waals surface area contributed by atoms with Gasteiger partial charge in [-0.05, 0) is 16.7 Å². The van der Waals surface area contributed by atoms with Crippen molar-refractivity contribution in [3.05, 3.63) is 96.1 Å². The molecular weight excluding hydrogens is 554 g/mol. The first kappa shape index (κ1) is 29.0. The minimum absolute atomic E-state index is 0. The van der Waals surface area contributed by atoms with Crippen molar-refractivity contribution < 1.29 is 40.5 Å². The molecule has 3 atom stereocenters. The number of benzene rings is 3. The van der Waals surface area contributed by atoms with Gasteiger partial charge in [0.05, 0.1) is 19.1 Å². The maximum atomic E-state index is 13.3. The molecule has 0 radical (unpaired) electrons. The molecule has 2 heterocycles. The predicted molar refractivity (Wildman–Crippen MR) is 148 cm³/mol. The number of esters is 2. The van der Waals surface area contributed by atoms with Crippen LogP contribution in [0.15, 0.2) is 84.9 Å². The molecule has 2 fully saturated rings. The summed E-state index contributed by atoms with van der Waals surface area (Å²) in [6.07, 6.45) is 4.25. The van der Waals surface area contributed by atoms with Gasteiger partial charge in [-0.3, -0.25) is 9.59 Å². The summed E-state index contributed by atoms with van der Waals surface area (Å²) in [6, 6.07) is 29.9. The van der Waals surface area contributed by atoms with E-state index in [1.165, 1.54) is 16.7 Å². The van der Waals surface area contributed by atoms with Crippen LogP contribution in [0, 0.1) is 0 Å². The first-order chi connectivity index (χ1) is 18.5. The number of halogens is 1. The van der Waals surface area contributed by atoms with Gasteiger partial charge < -0.3 is 30.9 Å². The van der Waals surface area contributed by atoms with Gasteiger partial charge in [-0.1, -0.05) is 91.9 Å². The second-order valence-corrected chi connectivity index (χ2v) is 11.0. The molecule has 2 saturated heterocycles. The Morgan fingerprint density at radius 2 is 1.41 bits per heavy atom. The fourth-order valence-corrected chi connectivity index (χ4v) is 6.38. The Kier molecular flexibility index (Phi) is 9.62. The molecule has 206 valence electrons. The first-order valence-electron chi connectivity index (χ1n) is 13.9. The number of fused-ring (bicyclic) bond motifs is 2. The van der Waals surface area contributed by atoms with Crippen LogP contribution < -0.4 is 17.0 Å². The summed E-state index contributed by atoms with van der Waals surface area (Å²) >= 11 is 0. The van der Waals surface area contributed by atoms with Crippen molar-refractivity contribution in [2.24, 2.45) is 0 Å². The van der Waals surface area contributed by atoms with Gasteiger partial charge in [-0.15, -0.1) is 0 Å². The quantitative estimate of drug-likeness (QED) is 0.283. The molecule has 2 bridgehead atoms. The molecule has 0 aliphatic carbocycles. The number of ether oxygens (including phenoxy) is 2. The molecule has 0 saturated carbocycles. The predicted octanol–water partition coefficient (Wildman–Crippen LogP) is 3.28. The van der Waals surface area contributed by atoms with E-state index in [-0.39, 0.29) is 48.1 Å². The second kappa shape index (κ2) is 12.9. The zero-order chi connectivity index (χ0) is 26.5. The van der Waals surface area contributed by atoms with Gasteiger partial charge in [0.15, 0.2) is 0 Å². The zero-order valence-corrected chi connectivity index (χ0v) is 24.4. The number of carbonyl (C=O) groups is 2. The number of piperidine rings is 1. The topological polar surface area (TPSA) is 52.6 Å². The third-order valence-electron chi connectivity index (χ3n) is 8.62. The number of nitrogens with zero attached hydrogens (tertiary/aromatic N) is 1. The zero-order valence-electron chi connectivity index (χ0n) is 22.8. The fourth-order valence-electron chi connectivity index (χ4n) is 6.38. The lowest BCUT2D eigenvalue weighted by Gasteiger charge is -2.47. The number of carbonyl (C=O) groups excluding carboxylic acids is 2. The summed E-state index contributed by atoms with van der Waals surface area (Å²) in [5.41, 5.74) is 4.64. The monoisotopic (exact) mass is 591 g/mol. The van der Waals surface area contributed by atoms with Crippen molar-refractivity contribution in [1.29, 1.82) is 0 Å². The number of quaternary nitrogens is 1. The van der Waals surface area contributed by atoms with Gasteiger partial charge in [0.25, 0.3) is 0 Å². The van der Waals surface area contributed by atoms with Crippen molar-refractivity contribution in [1.82, 2.24) is 0 Å². The van der Waals surface area contributed by atoms with Crippen LogP contribution in [-0.2, 0) is 25.6 Å². The highest BCUT2D eigenvalue weighted by Crippen LogP contribution is 2.44. The van der Waals surface area contributed by atoms with E-state index in [0.29, 0.717) is 12.1 Å². The molecule has 3 aromatic carbocycles. The molecular formula is C33H38BrNO4. The Morgan fingerprint density at radius 3 is 2.00 bits per heavy atom. The molecule has 2 aliphatic rings. The van der Waals surface area contributed by atoms with Crippen LogP contribution in [0.4, 0.5) is 0 Å². The van der Waals surface area contributed by atoms with Crippen LogP contribution in [0.1, 0.15) is 56.1 Å². The van der Waals surface area contributed by atoms with Crippen molar-refractivity contribution in [3.63, 3.8) is 0 Å². The maximum Gasteiger partial charge on any atom is 0.317 e. The highest BCUT2D eigenvalue weighted by Gasteiger charge is 2.52. The van der Waals surface area contributed by atoms with E-state index in [4.69, 9.17) is 9.47 Å². The van der Waals surface area contributed by atoms with E-state index >= 15 is 0 Å². The van der Waals surface area contributed by atoms with Gasteiger partial charge in [0.2, 0.25) is 0 Å². The number of rotatable bonds is 9. The second-order valence-electron chi connectivity index (χ2n) is 11.0. The Hall–Kier alpha value is -2.96. The normalized spacial score (nSPS) is 24.3. The molecule has 0 spiro atoms. The minimum atomic E-state index is -0.602. The largest absolute Gasteiger partial charge is 1.00 e. The third-order valence-corrected chi connectivity index (χ3v) is 8.62. The summed E-state index contributed by atoms with van der Waals surface area (Å²) in [5, 5.41) is 0. The van der Waals surface area contributed by atoms with Crippen LogP contribution in [0.2, 0.25) is 0 Å². The average molecular weight is 593 g/mol. The van der Waals surface area contributed by atoms with Crippen molar-refractivity contribution in [3.8, 4) is 11.1 Å². The molecule has 3 aromatic rings. The molecule has 0 aromatic heterocycles. The summed E-state index contributed by atoms with van der Waals surface area (Å²) < 4.78 is 12.5. The van der Waals surface area contributed by atoms with Gasteiger partial charge >= 0.3 is 11.9 Å². The van der Waals surface area contributed by atoms with E-state index in [1.54, 1.807) is 6.92 Å². The number of hydrogen-bond acceptors (Lipinski definition) is 4. The van der Waals surface area contributed by atoms with Crippen LogP contribution in [-0.4, -0.2) is 48.3 Å². The van der Waals surface area contributed by atoms with E-state index in [2.05, 4.69) is 55.6 Å². The van der Waals surface area contributed by atoms with E-state index in [9.17, 15) is 9.59 Å². The Bertz CT molecular complexity index is 1220. The highest BCUT2D eigenvalue weighted by molar-refractivity contribution is 5.79. The Morgan fingerprint density at radius 1 is 0.846 bits per heavy atom. The van der Waals surface area contributed by atoms with E-state index in [0.717, 1.165) is 42.3 Å². The van der Waals surface area contributed by atoms with Gasteiger partial charge in [-0.25, -0.2) is 0 Å². The molecule has 39 heavy (non-hydrogen) atoms. The molecule has 2 aliphatic heterocycles. The molecule has 0 amide bonds. The van der Waals surface area contributed by atoms with Crippen LogP contribution >= 0.6 is 0 Å². The lowest BCUT2D eigenvalue weighted by atomic mass is 9.94. The molecule has 3 unspecified atom stereocenters. The summed E-state index contributed by atoms with van der Waals surface area (Å²) in [4.78, 5) is 25.1. The van der Waals surface area contributed by atoms with Gasteiger partial charge in [0, 0.05) is 37.7 Å². The molecule has 5 nitrogen and oxygen atoms in total. The highest BCUT2D eigenvalue weighted by atomic mass is 79.9. The van der Waals surface area contributed by atoms with Crippen LogP contribution in [0.25, 0.3) is 11.1 Å². The minimum Gasteiger partial charge on any atom is -1.00 e. The van der Waals surface area contributed by atoms with Crippen LogP contribution in [0.3, 0.4) is 0 Å². The lowest BCUT2D eigenvalue weighted by molar-refractivity contribution is -0.961. The average Bonchev–Trinajstić information content (AvgIpc) is 3.10. The summed E-state index contributed by atoms with van der Waals surface area (Å²) in [7, 11) is 2.38. The Balaban J connectivity index is 0.00000353. The van der Waals surface area contributed by atoms with E-state index in [1.807, 2.05) is 36.4 Å². The Labute approximate surface area is 242 Å². The first-order valence-corrected chi connectivity index (χ1v) is 13.9. The number of hydrogen-bond donors (Lipinski definition) is 0. The summed E-state index contributed by atoms with van der Waals surface area (Å²) in [5.74, 6) is -1.20. The van der Waals surface area contributed by atoms with Crippen molar-refractivity contribution in [2.75, 3.05) is 13.7 Å². The maximum absolute atomic E-state index is 13.3. The standard InChI is InChI=1S/C33H38NO4.BrH/c1-3-32(35)37-23-31(27-12-8-5-9-13-27)33(36)38-30-20-28-18-19-29(21-30)34(28,2)22-24-14-16-26(17-15-24)25-10-6-4-7-11-25;/h4-17,28-31H,3,18-23H2,1-2H3;1H/q+1;/p-1. The van der Waals surface area contributed by atoms with Crippen molar-refractivity contribution in [2.45, 2.75) is 69.7 Å².